The average Bonchev–Trinajstić information content (AvgIpc) is 2.97. The van der Waals surface area contributed by atoms with Crippen molar-refractivity contribution in [1.82, 2.24) is 14.7 Å². The Labute approximate surface area is 127 Å². The first-order valence-electron chi connectivity index (χ1n) is 8.02. The zero-order valence-corrected chi connectivity index (χ0v) is 13.4. The number of hydrogen-bond acceptors (Lipinski definition) is 4. The Bertz CT molecular complexity index is 446. The van der Waals surface area contributed by atoms with E-state index in [0.717, 1.165) is 51.0 Å². The third-order valence-corrected chi connectivity index (χ3v) is 4.49. The predicted octanol–water partition coefficient (Wildman–Crippen LogP) is 2.63. The molecule has 5 nitrogen and oxygen atoms in total. The molecule has 0 N–H and O–H groups in total. The van der Waals surface area contributed by atoms with Gasteiger partial charge in [0.2, 0.25) is 0 Å². The van der Waals surface area contributed by atoms with Crippen molar-refractivity contribution in [2.24, 2.45) is 5.92 Å². The van der Waals surface area contributed by atoms with Crippen LogP contribution >= 0.6 is 0 Å². The Morgan fingerprint density at radius 3 is 2.62 bits per heavy atom. The van der Waals surface area contributed by atoms with Crippen molar-refractivity contribution in [3.63, 3.8) is 0 Å². The van der Waals surface area contributed by atoms with Crippen LogP contribution in [0.25, 0.3) is 0 Å². The lowest BCUT2D eigenvalue weighted by Crippen LogP contribution is -2.36. The number of piperidine rings is 1. The van der Waals surface area contributed by atoms with Crippen LogP contribution in [0.4, 0.5) is 0 Å². The molecule has 0 spiro atoms. The maximum absolute atomic E-state index is 11.5. The summed E-state index contributed by atoms with van der Waals surface area (Å²) in [7, 11) is 1.47. The summed E-state index contributed by atoms with van der Waals surface area (Å²) in [6.45, 7) is 7.16. The van der Waals surface area contributed by atoms with E-state index < -0.39 is 0 Å². The first kappa shape index (κ1) is 16.0. The summed E-state index contributed by atoms with van der Waals surface area (Å²) in [5.74, 6) is 0.0148. The largest absolute Gasteiger partial charge is 0.469 e. The highest BCUT2D eigenvalue weighted by molar-refractivity contribution is 5.72. The van der Waals surface area contributed by atoms with Crippen LogP contribution in [0.1, 0.15) is 51.3 Å². The zero-order chi connectivity index (χ0) is 15.2. The van der Waals surface area contributed by atoms with E-state index in [2.05, 4.69) is 35.7 Å². The van der Waals surface area contributed by atoms with Crippen LogP contribution in [0.15, 0.2) is 12.3 Å². The van der Waals surface area contributed by atoms with Gasteiger partial charge in [-0.3, -0.25) is 14.4 Å². The van der Waals surface area contributed by atoms with Gasteiger partial charge in [0, 0.05) is 12.7 Å². The monoisotopic (exact) mass is 293 g/mol. The van der Waals surface area contributed by atoms with Crippen molar-refractivity contribution < 1.29 is 9.53 Å². The quantitative estimate of drug-likeness (QED) is 0.757. The molecule has 118 valence electrons. The molecule has 0 aromatic carbocycles. The lowest BCUT2D eigenvalue weighted by atomic mass is 9.97. The summed E-state index contributed by atoms with van der Waals surface area (Å²) < 4.78 is 6.92. The van der Waals surface area contributed by atoms with Crippen LogP contribution in [0, 0.1) is 5.92 Å². The van der Waals surface area contributed by atoms with Gasteiger partial charge in [0.25, 0.3) is 0 Å². The Morgan fingerprint density at radius 1 is 1.38 bits per heavy atom. The van der Waals surface area contributed by atoms with E-state index in [0.29, 0.717) is 6.04 Å². The molecule has 2 rings (SSSR count). The molecule has 1 aliphatic heterocycles. The maximum Gasteiger partial charge on any atom is 0.308 e. The number of ether oxygens (including phenoxy) is 1. The van der Waals surface area contributed by atoms with Gasteiger partial charge >= 0.3 is 5.97 Å². The molecule has 0 amide bonds. The molecule has 1 aromatic rings. The molecule has 0 saturated carbocycles. The van der Waals surface area contributed by atoms with Crippen molar-refractivity contribution in [3.8, 4) is 0 Å². The van der Waals surface area contributed by atoms with Gasteiger partial charge in [0.1, 0.15) is 0 Å². The number of hydrogen-bond donors (Lipinski definition) is 0. The lowest BCUT2D eigenvalue weighted by Gasteiger charge is -2.29. The minimum atomic E-state index is -0.0624. The summed E-state index contributed by atoms with van der Waals surface area (Å²) >= 11 is 0. The number of aromatic nitrogens is 2. The number of nitrogens with zero attached hydrogens (tertiary/aromatic N) is 3. The fourth-order valence-electron chi connectivity index (χ4n) is 3.05. The van der Waals surface area contributed by atoms with Crippen molar-refractivity contribution in [2.75, 3.05) is 20.2 Å². The fourth-order valence-corrected chi connectivity index (χ4v) is 3.05. The van der Waals surface area contributed by atoms with Gasteiger partial charge < -0.3 is 4.74 Å². The molecule has 0 aliphatic carbocycles. The van der Waals surface area contributed by atoms with Crippen molar-refractivity contribution in [3.05, 3.63) is 18.0 Å². The zero-order valence-electron chi connectivity index (χ0n) is 13.4. The summed E-state index contributed by atoms with van der Waals surface area (Å²) in [6.07, 6.45) is 6.10. The van der Waals surface area contributed by atoms with E-state index in [-0.39, 0.29) is 11.9 Å². The normalized spacial score (nSPS) is 17.3. The van der Waals surface area contributed by atoms with Gasteiger partial charge in [-0.15, -0.1) is 0 Å². The van der Waals surface area contributed by atoms with Crippen molar-refractivity contribution in [1.29, 1.82) is 0 Å². The SMILES string of the molecule is CCC(CC)n1ccc(CN2CCC(C(=O)OC)CC2)n1. The van der Waals surface area contributed by atoms with Crippen LogP contribution in [-0.4, -0.2) is 40.8 Å². The number of methoxy groups -OCH3 is 1. The highest BCUT2D eigenvalue weighted by Gasteiger charge is 2.25. The molecule has 1 saturated heterocycles. The van der Waals surface area contributed by atoms with Gasteiger partial charge in [-0.05, 0) is 44.8 Å². The number of esters is 1. The molecule has 1 aliphatic rings. The summed E-state index contributed by atoms with van der Waals surface area (Å²) in [5.41, 5.74) is 1.12. The lowest BCUT2D eigenvalue weighted by molar-refractivity contribution is -0.147. The van der Waals surface area contributed by atoms with Crippen molar-refractivity contribution in [2.45, 2.75) is 52.1 Å². The van der Waals surface area contributed by atoms with Crippen LogP contribution < -0.4 is 0 Å². The Balaban J connectivity index is 1.85. The molecule has 21 heavy (non-hydrogen) atoms. The molecule has 2 heterocycles. The van der Waals surface area contributed by atoms with Gasteiger partial charge in [-0.1, -0.05) is 13.8 Å². The molecule has 0 atom stereocenters. The third kappa shape index (κ3) is 4.06. The second kappa shape index (κ2) is 7.59. The molecular formula is C16H27N3O2. The maximum atomic E-state index is 11.5. The Hall–Kier alpha value is -1.36. The van der Waals surface area contributed by atoms with E-state index in [4.69, 9.17) is 9.84 Å². The Kier molecular flexibility index (Phi) is 5.79. The second-order valence-corrected chi connectivity index (χ2v) is 5.83. The highest BCUT2D eigenvalue weighted by atomic mass is 16.5. The molecule has 5 heteroatoms. The van der Waals surface area contributed by atoms with Gasteiger partial charge in [-0.25, -0.2) is 0 Å². The van der Waals surface area contributed by atoms with Gasteiger partial charge in [0.05, 0.1) is 24.8 Å². The molecule has 0 bridgehead atoms. The van der Waals surface area contributed by atoms with Crippen LogP contribution in [0.3, 0.4) is 0 Å². The standard InChI is InChI=1S/C16H27N3O2/c1-4-15(5-2)19-11-8-14(17-19)12-18-9-6-13(7-10-18)16(20)21-3/h8,11,13,15H,4-7,9-10,12H2,1-3H3. The second-order valence-electron chi connectivity index (χ2n) is 5.83. The van der Waals surface area contributed by atoms with E-state index in [1.807, 2.05) is 0 Å². The molecule has 0 radical (unpaired) electrons. The first-order valence-corrected chi connectivity index (χ1v) is 8.02. The third-order valence-electron chi connectivity index (χ3n) is 4.49. The van der Waals surface area contributed by atoms with Crippen LogP contribution in [-0.2, 0) is 16.1 Å². The average molecular weight is 293 g/mol. The molecular weight excluding hydrogens is 266 g/mol. The highest BCUT2D eigenvalue weighted by Crippen LogP contribution is 2.20. The van der Waals surface area contributed by atoms with Crippen LogP contribution in [0.5, 0.6) is 0 Å². The molecule has 1 fully saturated rings. The molecule has 1 aromatic heterocycles. The summed E-state index contributed by atoms with van der Waals surface area (Å²) in [4.78, 5) is 13.9. The summed E-state index contributed by atoms with van der Waals surface area (Å²) in [5, 5.41) is 4.70. The van der Waals surface area contributed by atoms with Gasteiger partial charge in [-0.2, -0.15) is 5.10 Å². The van der Waals surface area contributed by atoms with Crippen molar-refractivity contribution >= 4 is 5.97 Å². The van der Waals surface area contributed by atoms with Crippen LogP contribution in [0.2, 0.25) is 0 Å². The summed E-state index contributed by atoms with van der Waals surface area (Å²) in [6, 6.07) is 2.62. The number of rotatable bonds is 6. The number of carbonyl (C=O) groups is 1. The number of likely N-dealkylation sites (tertiary alicyclic amines) is 1. The smallest absolute Gasteiger partial charge is 0.308 e. The minimum Gasteiger partial charge on any atom is -0.469 e. The van der Waals surface area contributed by atoms with E-state index in [1.54, 1.807) is 0 Å². The topological polar surface area (TPSA) is 47.4 Å². The predicted molar refractivity (Wildman–Crippen MR) is 81.9 cm³/mol. The van der Waals surface area contributed by atoms with E-state index >= 15 is 0 Å². The number of carbonyl (C=O) groups excluding carboxylic acids is 1. The van der Waals surface area contributed by atoms with E-state index in [9.17, 15) is 4.79 Å². The molecule has 0 unspecified atom stereocenters. The van der Waals surface area contributed by atoms with E-state index in [1.165, 1.54) is 7.11 Å². The fraction of sp³-hybridized carbons (Fsp3) is 0.750. The van der Waals surface area contributed by atoms with Gasteiger partial charge in [0.15, 0.2) is 0 Å². The first-order chi connectivity index (χ1) is 10.2. The Morgan fingerprint density at radius 2 is 2.05 bits per heavy atom. The minimum absolute atomic E-state index is 0.0624.